The molecule has 5 heteroatoms. The summed E-state index contributed by atoms with van der Waals surface area (Å²) in [6, 6.07) is 5.07. The fraction of sp³-hybridized carbons (Fsp3) is 0.500. The second-order valence-corrected chi connectivity index (χ2v) is 4.74. The zero-order valence-electron chi connectivity index (χ0n) is 11.3. The molecule has 0 aromatic heterocycles. The fourth-order valence-corrected chi connectivity index (χ4v) is 1.98. The number of ether oxygens (including phenoxy) is 3. The molecule has 1 aromatic rings. The Hall–Kier alpha value is -1.23. The van der Waals surface area contributed by atoms with Gasteiger partial charge >= 0.3 is 5.97 Å². The Labute approximate surface area is 122 Å². The van der Waals surface area contributed by atoms with Gasteiger partial charge in [0.25, 0.3) is 0 Å². The number of esters is 1. The van der Waals surface area contributed by atoms with Gasteiger partial charge in [-0.25, -0.2) is 4.79 Å². The average Bonchev–Trinajstić information content (AvgIpc) is 2.46. The smallest absolute Gasteiger partial charge is 0.341 e. The van der Waals surface area contributed by atoms with E-state index >= 15 is 0 Å². The van der Waals surface area contributed by atoms with E-state index < -0.39 is 5.97 Å². The number of carbonyl (C=O) groups excluding carboxylic acids is 1. The van der Waals surface area contributed by atoms with Crippen LogP contribution in [0.3, 0.4) is 0 Å². The first-order valence-electron chi connectivity index (χ1n) is 6.18. The third-order valence-corrected chi connectivity index (χ3v) is 3.19. The number of methoxy groups -OCH3 is 2. The van der Waals surface area contributed by atoms with Crippen LogP contribution in [-0.4, -0.2) is 32.1 Å². The Bertz CT molecular complexity index is 406. The van der Waals surface area contributed by atoms with Gasteiger partial charge < -0.3 is 14.2 Å². The van der Waals surface area contributed by atoms with Crippen molar-refractivity contribution in [1.82, 2.24) is 0 Å². The summed E-state index contributed by atoms with van der Waals surface area (Å²) in [5.74, 6) is 0.756. The Morgan fingerprint density at radius 1 is 1.21 bits per heavy atom. The third-order valence-electron chi connectivity index (χ3n) is 2.63. The van der Waals surface area contributed by atoms with Crippen molar-refractivity contribution in [3.63, 3.8) is 0 Å². The van der Waals surface area contributed by atoms with Gasteiger partial charge in [0.2, 0.25) is 0 Å². The van der Waals surface area contributed by atoms with Crippen LogP contribution in [0.15, 0.2) is 18.2 Å². The van der Waals surface area contributed by atoms with Crippen LogP contribution in [0.5, 0.6) is 11.5 Å². The maximum Gasteiger partial charge on any atom is 0.341 e. The molecule has 0 aliphatic rings. The van der Waals surface area contributed by atoms with Gasteiger partial charge in [-0.3, -0.25) is 0 Å². The summed E-state index contributed by atoms with van der Waals surface area (Å²) >= 11 is 3.39. The zero-order valence-corrected chi connectivity index (χ0v) is 12.9. The van der Waals surface area contributed by atoms with Crippen molar-refractivity contribution in [2.45, 2.75) is 19.3 Å². The topological polar surface area (TPSA) is 44.8 Å². The molecule has 0 N–H and O–H groups in total. The van der Waals surface area contributed by atoms with Crippen LogP contribution in [0.2, 0.25) is 0 Å². The summed E-state index contributed by atoms with van der Waals surface area (Å²) in [6.45, 7) is 0.574. The minimum atomic E-state index is -0.405. The molecule has 0 fully saturated rings. The van der Waals surface area contributed by atoms with Crippen LogP contribution in [-0.2, 0) is 4.74 Å². The van der Waals surface area contributed by atoms with Gasteiger partial charge in [-0.2, -0.15) is 0 Å². The highest BCUT2D eigenvalue weighted by Gasteiger charge is 2.14. The summed E-state index contributed by atoms with van der Waals surface area (Å²) < 4.78 is 15.5. The number of rotatable bonds is 8. The molecule has 0 unspecified atom stereocenters. The molecule has 0 heterocycles. The summed E-state index contributed by atoms with van der Waals surface area (Å²) in [6.07, 6.45) is 3.15. The summed E-state index contributed by atoms with van der Waals surface area (Å²) in [4.78, 5) is 11.6. The lowest BCUT2D eigenvalue weighted by Crippen LogP contribution is -2.07. The summed E-state index contributed by atoms with van der Waals surface area (Å²) in [5.41, 5.74) is 0.420. The predicted octanol–water partition coefficient (Wildman–Crippen LogP) is 3.43. The minimum absolute atomic E-state index is 0.405. The molecule has 0 aliphatic carbocycles. The molecule has 4 nitrogen and oxygen atoms in total. The molecular weight excluding hydrogens is 312 g/mol. The third kappa shape index (κ3) is 5.11. The SMILES string of the molecule is COC(=O)c1ccc(OC)cc1OCCCCCBr. The van der Waals surface area contributed by atoms with Gasteiger partial charge in [0.05, 0.1) is 20.8 Å². The molecule has 1 rings (SSSR count). The molecule has 0 saturated carbocycles. The molecule has 19 heavy (non-hydrogen) atoms. The first-order chi connectivity index (χ1) is 9.22. The van der Waals surface area contributed by atoms with Crippen LogP contribution in [0.25, 0.3) is 0 Å². The first-order valence-corrected chi connectivity index (χ1v) is 7.30. The number of hydrogen-bond acceptors (Lipinski definition) is 4. The molecule has 106 valence electrons. The maximum absolute atomic E-state index is 11.6. The van der Waals surface area contributed by atoms with E-state index in [1.54, 1.807) is 25.3 Å². The molecule has 1 aromatic carbocycles. The van der Waals surface area contributed by atoms with Gasteiger partial charge in [0.15, 0.2) is 0 Å². The van der Waals surface area contributed by atoms with Crippen LogP contribution in [0.1, 0.15) is 29.6 Å². The second kappa shape index (κ2) is 8.80. The van der Waals surface area contributed by atoms with Gasteiger partial charge in [0, 0.05) is 11.4 Å². The summed E-state index contributed by atoms with van der Waals surface area (Å²) in [5, 5.41) is 1.000. The molecule has 0 spiro atoms. The Morgan fingerprint density at radius 2 is 2.00 bits per heavy atom. The zero-order chi connectivity index (χ0) is 14.1. The monoisotopic (exact) mass is 330 g/mol. The average molecular weight is 331 g/mol. The number of unbranched alkanes of at least 4 members (excludes halogenated alkanes) is 2. The molecule has 0 atom stereocenters. The number of carbonyl (C=O) groups is 1. The van der Waals surface area contributed by atoms with E-state index in [0.717, 1.165) is 24.6 Å². The van der Waals surface area contributed by atoms with Crippen molar-refractivity contribution in [1.29, 1.82) is 0 Å². The number of alkyl halides is 1. The predicted molar refractivity (Wildman–Crippen MR) is 77.5 cm³/mol. The van der Waals surface area contributed by atoms with Gasteiger partial charge in [-0.05, 0) is 31.4 Å². The van der Waals surface area contributed by atoms with Crippen molar-refractivity contribution >= 4 is 21.9 Å². The lowest BCUT2D eigenvalue weighted by Gasteiger charge is -2.11. The lowest BCUT2D eigenvalue weighted by atomic mass is 10.2. The molecule has 0 saturated heterocycles. The highest BCUT2D eigenvalue weighted by Crippen LogP contribution is 2.25. The van der Waals surface area contributed by atoms with Crippen molar-refractivity contribution in [3.8, 4) is 11.5 Å². The molecule has 0 radical (unpaired) electrons. The normalized spacial score (nSPS) is 10.1. The van der Waals surface area contributed by atoms with Crippen molar-refractivity contribution in [2.75, 3.05) is 26.2 Å². The van der Waals surface area contributed by atoms with Gasteiger partial charge in [-0.15, -0.1) is 0 Å². The fourth-order valence-electron chi connectivity index (χ4n) is 1.58. The Kier molecular flexibility index (Phi) is 7.33. The van der Waals surface area contributed by atoms with Crippen LogP contribution >= 0.6 is 15.9 Å². The standard InChI is InChI=1S/C14H19BrO4/c1-17-11-6-7-12(14(16)18-2)13(10-11)19-9-5-3-4-8-15/h6-7,10H,3-5,8-9H2,1-2H3. The van der Waals surface area contributed by atoms with E-state index in [9.17, 15) is 4.79 Å². The largest absolute Gasteiger partial charge is 0.497 e. The highest BCUT2D eigenvalue weighted by atomic mass is 79.9. The molecule has 0 amide bonds. The number of benzene rings is 1. The highest BCUT2D eigenvalue weighted by molar-refractivity contribution is 9.09. The Morgan fingerprint density at radius 3 is 2.63 bits per heavy atom. The van der Waals surface area contributed by atoms with Crippen molar-refractivity contribution in [2.24, 2.45) is 0 Å². The molecular formula is C14H19BrO4. The van der Waals surface area contributed by atoms with Crippen molar-refractivity contribution in [3.05, 3.63) is 23.8 Å². The van der Waals surface area contributed by atoms with E-state index in [2.05, 4.69) is 15.9 Å². The van der Waals surface area contributed by atoms with Gasteiger partial charge in [0.1, 0.15) is 17.1 Å². The van der Waals surface area contributed by atoms with E-state index in [1.807, 2.05) is 0 Å². The first kappa shape index (κ1) is 15.8. The van der Waals surface area contributed by atoms with Gasteiger partial charge in [-0.1, -0.05) is 15.9 Å². The van der Waals surface area contributed by atoms with E-state index in [4.69, 9.17) is 14.2 Å². The number of hydrogen-bond donors (Lipinski definition) is 0. The van der Waals surface area contributed by atoms with Crippen LogP contribution < -0.4 is 9.47 Å². The van der Waals surface area contributed by atoms with Crippen LogP contribution in [0, 0.1) is 0 Å². The quantitative estimate of drug-likeness (QED) is 0.416. The lowest BCUT2D eigenvalue weighted by molar-refractivity contribution is 0.0596. The summed E-state index contributed by atoms with van der Waals surface area (Å²) in [7, 11) is 2.93. The number of halogens is 1. The minimum Gasteiger partial charge on any atom is -0.497 e. The molecule has 0 aliphatic heterocycles. The Balaban J connectivity index is 2.69. The van der Waals surface area contributed by atoms with E-state index in [0.29, 0.717) is 23.7 Å². The molecule has 0 bridgehead atoms. The van der Waals surface area contributed by atoms with E-state index in [1.165, 1.54) is 7.11 Å². The maximum atomic E-state index is 11.6. The van der Waals surface area contributed by atoms with Crippen LogP contribution in [0.4, 0.5) is 0 Å². The second-order valence-electron chi connectivity index (χ2n) is 3.95. The van der Waals surface area contributed by atoms with E-state index in [-0.39, 0.29) is 0 Å². The van der Waals surface area contributed by atoms with Crippen molar-refractivity contribution < 1.29 is 19.0 Å².